The first-order chi connectivity index (χ1) is 18.4. The molecular weight excluding hydrogens is 476 g/mol. The number of hydrogen-bond acceptors (Lipinski definition) is 4. The minimum absolute atomic E-state index is 0.0613. The van der Waals surface area contributed by atoms with Gasteiger partial charge in [-0.1, -0.05) is 48.0 Å². The number of amides is 3. The summed E-state index contributed by atoms with van der Waals surface area (Å²) in [5.41, 5.74) is 5.16. The first-order valence-corrected chi connectivity index (χ1v) is 12.3. The van der Waals surface area contributed by atoms with Gasteiger partial charge < -0.3 is 21.3 Å². The monoisotopic (exact) mass is 506 g/mol. The van der Waals surface area contributed by atoms with Gasteiger partial charge in [-0.2, -0.15) is 0 Å². The van der Waals surface area contributed by atoms with E-state index in [1.807, 2.05) is 62.4 Å². The molecule has 1 unspecified atom stereocenters. The van der Waals surface area contributed by atoms with Crippen LogP contribution in [0, 0.1) is 6.92 Å². The van der Waals surface area contributed by atoms with Crippen molar-refractivity contribution in [3.05, 3.63) is 125 Å². The number of rotatable bonds is 9. The van der Waals surface area contributed by atoms with E-state index in [-0.39, 0.29) is 30.3 Å². The van der Waals surface area contributed by atoms with E-state index in [0.717, 1.165) is 16.8 Å². The Morgan fingerprint density at radius 1 is 0.658 bits per heavy atom. The quantitative estimate of drug-likeness (QED) is 0.231. The van der Waals surface area contributed by atoms with Crippen molar-refractivity contribution in [3.63, 3.8) is 0 Å². The molecule has 4 N–H and O–H groups in total. The van der Waals surface area contributed by atoms with Crippen molar-refractivity contribution in [3.8, 4) is 0 Å². The van der Waals surface area contributed by atoms with Gasteiger partial charge in [-0.15, -0.1) is 0 Å². The molecule has 1 atom stereocenters. The van der Waals surface area contributed by atoms with Gasteiger partial charge >= 0.3 is 0 Å². The topological polar surface area (TPSA) is 99.3 Å². The highest BCUT2D eigenvalue weighted by atomic mass is 16.2. The second-order valence-electron chi connectivity index (χ2n) is 8.99. The molecule has 0 heterocycles. The van der Waals surface area contributed by atoms with Gasteiger partial charge in [0.05, 0.1) is 12.6 Å². The Kier molecular flexibility index (Phi) is 8.51. The number of carbonyl (C=O) groups excluding carboxylic acids is 3. The van der Waals surface area contributed by atoms with Crippen LogP contribution in [0.2, 0.25) is 0 Å². The van der Waals surface area contributed by atoms with Crippen LogP contribution in [0.25, 0.3) is 0 Å². The molecule has 0 aliphatic heterocycles. The molecule has 0 aliphatic carbocycles. The maximum atomic E-state index is 12.6. The molecule has 0 saturated heterocycles. The number of benzene rings is 4. The second kappa shape index (κ2) is 12.4. The summed E-state index contributed by atoms with van der Waals surface area (Å²) in [6.07, 6.45) is 0. The molecule has 4 aromatic rings. The fraction of sp³-hybridized carbons (Fsp3) is 0.129. The summed E-state index contributed by atoms with van der Waals surface area (Å²) in [6.45, 7) is 3.94. The Morgan fingerprint density at radius 3 is 1.97 bits per heavy atom. The highest BCUT2D eigenvalue weighted by molar-refractivity contribution is 6.04. The summed E-state index contributed by atoms with van der Waals surface area (Å²) < 4.78 is 0. The van der Waals surface area contributed by atoms with E-state index < -0.39 is 0 Å². The van der Waals surface area contributed by atoms with Crippen LogP contribution in [0.15, 0.2) is 103 Å². The molecule has 4 rings (SSSR count). The molecule has 0 saturated carbocycles. The largest absolute Gasteiger partial charge is 0.376 e. The lowest BCUT2D eigenvalue weighted by atomic mass is 10.1. The van der Waals surface area contributed by atoms with E-state index in [9.17, 15) is 14.4 Å². The van der Waals surface area contributed by atoms with Gasteiger partial charge in [0.25, 0.3) is 11.8 Å². The third kappa shape index (κ3) is 7.30. The number of anilines is 3. The molecule has 38 heavy (non-hydrogen) atoms. The average molecular weight is 507 g/mol. The van der Waals surface area contributed by atoms with Gasteiger partial charge in [0.1, 0.15) is 0 Å². The Bertz CT molecular complexity index is 1400. The highest BCUT2D eigenvalue weighted by Gasteiger charge is 2.12. The van der Waals surface area contributed by atoms with Gasteiger partial charge in [-0.25, -0.2) is 0 Å². The van der Waals surface area contributed by atoms with E-state index in [0.29, 0.717) is 22.5 Å². The number of nitrogens with one attached hydrogen (secondary N) is 4. The molecular formula is C31H30N4O3. The molecule has 0 aliphatic rings. The van der Waals surface area contributed by atoms with Crippen LogP contribution < -0.4 is 21.3 Å². The van der Waals surface area contributed by atoms with Crippen molar-refractivity contribution >= 4 is 34.8 Å². The van der Waals surface area contributed by atoms with Crippen molar-refractivity contribution in [2.75, 3.05) is 22.5 Å². The molecule has 0 spiro atoms. The molecule has 0 fully saturated rings. The second-order valence-corrected chi connectivity index (χ2v) is 8.99. The van der Waals surface area contributed by atoms with Crippen LogP contribution in [0.5, 0.6) is 0 Å². The van der Waals surface area contributed by atoms with E-state index in [2.05, 4.69) is 21.3 Å². The van der Waals surface area contributed by atoms with Crippen molar-refractivity contribution < 1.29 is 14.4 Å². The standard InChI is InChI=1S/C31H30N4O3/c1-21-7-6-10-25(19-21)31(38)35-28-17-15-26(16-18-28)32-20-29(36)34-27-13-11-24(12-14-27)30(37)33-22(2)23-8-4-3-5-9-23/h3-19,22,32H,20H2,1-2H3,(H,33,37)(H,34,36)(H,35,38). The lowest BCUT2D eigenvalue weighted by Crippen LogP contribution is -2.26. The minimum atomic E-state index is -0.225. The maximum Gasteiger partial charge on any atom is 0.255 e. The summed E-state index contributed by atoms with van der Waals surface area (Å²) in [5.74, 6) is -0.584. The van der Waals surface area contributed by atoms with Crippen molar-refractivity contribution in [1.29, 1.82) is 0 Å². The number of aryl methyl sites for hydroxylation is 1. The van der Waals surface area contributed by atoms with Crippen molar-refractivity contribution in [2.45, 2.75) is 19.9 Å². The zero-order chi connectivity index (χ0) is 26.9. The molecule has 0 bridgehead atoms. The summed E-state index contributed by atoms with van der Waals surface area (Å²) in [6, 6.07) is 30.9. The van der Waals surface area contributed by atoms with Gasteiger partial charge in [0.15, 0.2) is 0 Å². The Hall–Kier alpha value is -4.91. The van der Waals surface area contributed by atoms with Gasteiger partial charge in [-0.05, 0) is 80.1 Å². The van der Waals surface area contributed by atoms with Crippen LogP contribution in [-0.2, 0) is 4.79 Å². The molecule has 0 radical (unpaired) electrons. The van der Waals surface area contributed by atoms with Gasteiger partial charge in [0.2, 0.25) is 5.91 Å². The fourth-order valence-corrected chi connectivity index (χ4v) is 3.86. The zero-order valence-corrected chi connectivity index (χ0v) is 21.3. The summed E-state index contributed by atoms with van der Waals surface area (Å²) in [4.78, 5) is 37.4. The van der Waals surface area contributed by atoms with E-state index in [4.69, 9.17) is 0 Å². The Morgan fingerprint density at radius 2 is 1.29 bits per heavy atom. The summed E-state index contributed by atoms with van der Waals surface area (Å²) in [7, 11) is 0. The van der Waals surface area contributed by atoms with Gasteiger partial charge in [0, 0.05) is 28.2 Å². The van der Waals surface area contributed by atoms with Crippen molar-refractivity contribution in [2.24, 2.45) is 0 Å². The van der Waals surface area contributed by atoms with Crippen LogP contribution in [0.1, 0.15) is 44.8 Å². The molecule has 0 aromatic heterocycles. The molecule has 3 amide bonds. The van der Waals surface area contributed by atoms with Crippen molar-refractivity contribution in [1.82, 2.24) is 5.32 Å². The van der Waals surface area contributed by atoms with E-state index >= 15 is 0 Å². The minimum Gasteiger partial charge on any atom is -0.376 e. The maximum absolute atomic E-state index is 12.6. The Balaban J connectivity index is 1.23. The van der Waals surface area contributed by atoms with Crippen LogP contribution >= 0.6 is 0 Å². The van der Waals surface area contributed by atoms with E-state index in [1.54, 1.807) is 54.6 Å². The lowest BCUT2D eigenvalue weighted by molar-refractivity contribution is -0.114. The average Bonchev–Trinajstić information content (AvgIpc) is 2.93. The predicted octanol–water partition coefficient (Wildman–Crippen LogP) is 5.79. The third-order valence-corrected chi connectivity index (χ3v) is 5.95. The smallest absolute Gasteiger partial charge is 0.255 e. The fourth-order valence-electron chi connectivity index (χ4n) is 3.86. The predicted molar refractivity (Wildman–Crippen MR) is 151 cm³/mol. The zero-order valence-electron chi connectivity index (χ0n) is 21.3. The lowest BCUT2D eigenvalue weighted by Gasteiger charge is -2.14. The first kappa shape index (κ1) is 26.2. The molecule has 192 valence electrons. The Labute approximate surface area is 222 Å². The third-order valence-electron chi connectivity index (χ3n) is 5.95. The first-order valence-electron chi connectivity index (χ1n) is 12.3. The highest BCUT2D eigenvalue weighted by Crippen LogP contribution is 2.16. The normalized spacial score (nSPS) is 11.2. The molecule has 4 aromatic carbocycles. The number of hydrogen-bond donors (Lipinski definition) is 4. The number of carbonyl (C=O) groups is 3. The van der Waals surface area contributed by atoms with Crippen LogP contribution in [0.3, 0.4) is 0 Å². The molecule has 7 heteroatoms. The SMILES string of the molecule is Cc1cccc(C(=O)Nc2ccc(NCC(=O)Nc3ccc(C(=O)NC(C)c4ccccc4)cc3)cc2)c1. The van der Waals surface area contributed by atoms with E-state index in [1.165, 1.54) is 0 Å². The summed E-state index contributed by atoms with van der Waals surface area (Å²) >= 11 is 0. The van der Waals surface area contributed by atoms with Gasteiger partial charge in [-0.3, -0.25) is 14.4 Å². The summed E-state index contributed by atoms with van der Waals surface area (Å²) in [5, 5.41) is 11.7. The van der Waals surface area contributed by atoms with Crippen LogP contribution in [0.4, 0.5) is 17.1 Å². The molecule has 7 nitrogen and oxygen atoms in total. The van der Waals surface area contributed by atoms with Crippen LogP contribution in [-0.4, -0.2) is 24.3 Å².